The van der Waals surface area contributed by atoms with E-state index in [1.54, 1.807) is 12.5 Å². The van der Waals surface area contributed by atoms with Gasteiger partial charge in [-0.1, -0.05) is 17.7 Å². The lowest BCUT2D eigenvalue weighted by Crippen LogP contribution is -2.35. The van der Waals surface area contributed by atoms with E-state index in [9.17, 15) is 0 Å². The van der Waals surface area contributed by atoms with Gasteiger partial charge < -0.3 is 9.73 Å². The lowest BCUT2D eigenvalue weighted by molar-refractivity contribution is 0.424. The maximum atomic E-state index is 6.29. The summed E-state index contributed by atoms with van der Waals surface area (Å²) in [5, 5.41) is 4.80. The minimum atomic E-state index is 0.0782. The average Bonchev–Trinajstić information content (AvgIpc) is 2.79. The van der Waals surface area contributed by atoms with Gasteiger partial charge >= 0.3 is 0 Å². The fraction of sp³-hybridized carbons (Fsp3) is 0.357. The van der Waals surface area contributed by atoms with Crippen molar-refractivity contribution in [3.8, 4) is 0 Å². The van der Waals surface area contributed by atoms with Crippen LogP contribution in [0.4, 0.5) is 0 Å². The summed E-state index contributed by atoms with van der Waals surface area (Å²) in [5.74, 6) is 0. The predicted octanol–water partition coefficient (Wildman–Crippen LogP) is 4.37. The molecule has 0 fully saturated rings. The second-order valence-corrected chi connectivity index (χ2v) is 6.69. The van der Waals surface area contributed by atoms with Crippen molar-refractivity contribution in [3.63, 3.8) is 0 Å². The molecular formula is C14H17ClN2OS. The van der Waals surface area contributed by atoms with Gasteiger partial charge in [-0.15, -0.1) is 0 Å². The number of halogens is 1. The molecule has 2 aromatic rings. The van der Waals surface area contributed by atoms with E-state index in [1.807, 2.05) is 18.2 Å². The molecule has 5 heteroatoms. The summed E-state index contributed by atoms with van der Waals surface area (Å²) in [4.78, 5) is 5.09. The summed E-state index contributed by atoms with van der Waals surface area (Å²) >= 11 is 7.75. The Morgan fingerprint density at radius 1 is 1.37 bits per heavy atom. The van der Waals surface area contributed by atoms with E-state index in [0.29, 0.717) is 5.22 Å². The molecule has 19 heavy (non-hydrogen) atoms. The first kappa shape index (κ1) is 14.4. The average molecular weight is 297 g/mol. The van der Waals surface area contributed by atoms with Crippen LogP contribution in [0.2, 0.25) is 5.02 Å². The van der Waals surface area contributed by atoms with Crippen LogP contribution in [0.1, 0.15) is 26.3 Å². The van der Waals surface area contributed by atoms with E-state index in [-0.39, 0.29) is 5.54 Å². The minimum Gasteiger partial charge on any atom is -0.440 e. The third-order valence-electron chi connectivity index (χ3n) is 2.45. The van der Waals surface area contributed by atoms with Gasteiger partial charge in [0.05, 0.1) is 6.20 Å². The summed E-state index contributed by atoms with van der Waals surface area (Å²) in [5.41, 5.74) is 1.17. The summed E-state index contributed by atoms with van der Waals surface area (Å²) in [6.45, 7) is 7.15. The van der Waals surface area contributed by atoms with Crippen molar-refractivity contribution in [2.24, 2.45) is 0 Å². The molecule has 0 aliphatic heterocycles. The smallest absolute Gasteiger partial charge is 0.260 e. The Morgan fingerprint density at radius 2 is 2.16 bits per heavy atom. The van der Waals surface area contributed by atoms with Crippen molar-refractivity contribution in [2.75, 3.05) is 0 Å². The van der Waals surface area contributed by atoms with Crippen molar-refractivity contribution in [1.29, 1.82) is 0 Å². The van der Waals surface area contributed by atoms with Crippen LogP contribution in [0.25, 0.3) is 0 Å². The standard InChI is InChI=1S/C14H17ClN2OS/c1-14(2,3)17-9-10-4-5-11(8-12(10)15)19-13-16-6-7-18-13/h4-8,17H,9H2,1-3H3. The normalized spacial score (nSPS) is 11.8. The zero-order valence-corrected chi connectivity index (χ0v) is 12.8. The molecule has 0 aliphatic rings. The second-order valence-electron chi connectivity index (χ2n) is 5.26. The van der Waals surface area contributed by atoms with Crippen molar-refractivity contribution in [2.45, 2.75) is 43.0 Å². The molecule has 0 saturated carbocycles. The van der Waals surface area contributed by atoms with E-state index in [2.05, 4.69) is 31.1 Å². The van der Waals surface area contributed by atoms with Crippen LogP contribution in [-0.2, 0) is 6.54 Å². The highest BCUT2D eigenvalue weighted by atomic mass is 35.5. The Bertz CT molecular complexity index is 535. The topological polar surface area (TPSA) is 38.1 Å². The van der Waals surface area contributed by atoms with Gasteiger partial charge in [0.2, 0.25) is 0 Å². The maximum Gasteiger partial charge on any atom is 0.260 e. The van der Waals surface area contributed by atoms with Crippen LogP contribution in [0.15, 0.2) is 45.2 Å². The van der Waals surface area contributed by atoms with Gasteiger partial charge in [0, 0.05) is 22.0 Å². The lowest BCUT2D eigenvalue weighted by Gasteiger charge is -2.21. The Labute approximate surface area is 122 Å². The minimum absolute atomic E-state index is 0.0782. The number of benzene rings is 1. The highest BCUT2D eigenvalue weighted by molar-refractivity contribution is 7.99. The largest absolute Gasteiger partial charge is 0.440 e. The van der Waals surface area contributed by atoms with E-state index in [1.165, 1.54) is 11.8 Å². The first-order valence-electron chi connectivity index (χ1n) is 6.05. The number of hydrogen-bond acceptors (Lipinski definition) is 4. The molecular weight excluding hydrogens is 280 g/mol. The molecule has 102 valence electrons. The monoisotopic (exact) mass is 296 g/mol. The zero-order chi connectivity index (χ0) is 13.9. The molecule has 1 heterocycles. The molecule has 2 rings (SSSR count). The number of oxazole rings is 1. The number of nitrogens with one attached hydrogen (secondary N) is 1. The molecule has 1 aromatic heterocycles. The number of aromatic nitrogens is 1. The molecule has 0 unspecified atom stereocenters. The van der Waals surface area contributed by atoms with Gasteiger partial charge in [0.25, 0.3) is 5.22 Å². The third-order valence-corrected chi connectivity index (χ3v) is 3.67. The fourth-order valence-corrected chi connectivity index (χ4v) is 2.50. The van der Waals surface area contributed by atoms with Gasteiger partial charge in [-0.05, 0) is 50.2 Å². The van der Waals surface area contributed by atoms with E-state index in [4.69, 9.17) is 16.0 Å². The van der Waals surface area contributed by atoms with Gasteiger partial charge in [-0.25, -0.2) is 4.98 Å². The quantitative estimate of drug-likeness (QED) is 0.909. The zero-order valence-electron chi connectivity index (χ0n) is 11.2. The Morgan fingerprint density at radius 3 is 2.74 bits per heavy atom. The second kappa shape index (κ2) is 5.99. The Kier molecular flexibility index (Phi) is 4.55. The molecule has 0 spiro atoms. The Hall–Kier alpha value is -0.970. The fourth-order valence-electron chi connectivity index (χ4n) is 1.46. The molecule has 1 aromatic carbocycles. The van der Waals surface area contributed by atoms with Crippen LogP contribution in [-0.4, -0.2) is 10.5 Å². The van der Waals surface area contributed by atoms with E-state index >= 15 is 0 Å². The van der Waals surface area contributed by atoms with Crippen molar-refractivity contribution < 1.29 is 4.42 Å². The van der Waals surface area contributed by atoms with Crippen LogP contribution >= 0.6 is 23.4 Å². The maximum absolute atomic E-state index is 6.29. The molecule has 0 aliphatic carbocycles. The van der Waals surface area contributed by atoms with Crippen LogP contribution in [0.5, 0.6) is 0 Å². The number of hydrogen-bond donors (Lipinski definition) is 1. The van der Waals surface area contributed by atoms with Crippen LogP contribution in [0, 0.1) is 0 Å². The molecule has 0 bridgehead atoms. The van der Waals surface area contributed by atoms with Crippen molar-refractivity contribution >= 4 is 23.4 Å². The molecule has 0 atom stereocenters. The number of rotatable bonds is 4. The Balaban J connectivity index is 2.04. The summed E-state index contributed by atoms with van der Waals surface area (Å²) in [7, 11) is 0. The highest BCUT2D eigenvalue weighted by Crippen LogP contribution is 2.29. The van der Waals surface area contributed by atoms with Crippen molar-refractivity contribution in [1.82, 2.24) is 10.3 Å². The van der Waals surface area contributed by atoms with E-state index in [0.717, 1.165) is 22.0 Å². The van der Waals surface area contributed by atoms with Gasteiger partial charge in [-0.2, -0.15) is 0 Å². The van der Waals surface area contributed by atoms with Crippen LogP contribution < -0.4 is 5.32 Å². The van der Waals surface area contributed by atoms with Crippen LogP contribution in [0.3, 0.4) is 0 Å². The van der Waals surface area contributed by atoms with E-state index < -0.39 is 0 Å². The first-order valence-corrected chi connectivity index (χ1v) is 7.24. The van der Waals surface area contributed by atoms with Crippen molar-refractivity contribution in [3.05, 3.63) is 41.2 Å². The highest BCUT2D eigenvalue weighted by Gasteiger charge is 2.11. The summed E-state index contributed by atoms with van der Waals surface area (Å²) < 4.78 is 5.20. The predicted molar refractivity (Wildman–Crippen MR) is 78.7 cm³/mol. The molecule has 0 amide bonds. The third kappa shape index (κ3) is 4.56. The van der Waals surface area contributed by atoms with Gasteiger partial charge in [0.15, 0.2) is 0 Å². The number of nitrogens with zero attached hydrogens (tertiary/aromatic N) is 1. The lowest BCUT2D eigenvalue weighted by atomic mass is 10.1. The first-order chi connectivity index (χ1) is 8.94. The molecule has 0 radical (unpaired) electrons. The summed E-state index contributed by atoms with van der Waals surface area (Å²) in [6, 6.07) is 6.00. The molecule has 1 N–H and O–H groups in total. The molecule has 0 saturated heterocycles. The van der Waals surface area contributed by atoms with Gasteiger partial charge in [-0.3, -0.25) is 0 Å². The van der Waals surface area contributed by atoms with Gasteiger partial charge in [0.1, 0.15) is 6.26 Å². The SMILES string of the molecule is CC(C)(C)NCc1ccc(Sc2ncco2)cc1Cl. The molecule has 3 nitrogen and oxygen atoms in total. The summed E-state index contributed by atoms with van der Waals surface area (Å²) in [6.07, 6.45) is 3.19.